The minimum Gasteiger partial charge on any atom is -0.366 e. The van der Waals surface area contributed by atoms with E-state index < -0.39 is 0 Å². The molecule has 21 heavy (non-hydrogen) atoms. The molecule has 5 heteroatoms. The Labute approximate surface area is 123 Å². The Kier molecular flexibility index (Phi) is 2.58. The van der Waals surface area contributed by atoms with Crippen LogP contribution in [0.5, 0.6) is 0 Å². The largest absolute Gasteiger partial charge is 0.366 e. The second kappa shape index (κ2) is 4.45. The Morgan fingerprint density at radius 3 is 3.10 bits per heavy atom. The highest BCUT2D eigenvalue weighted by Crippen LogP contribution is 2.37. The maximum absolute atomic E-state index is 9.46. The maximum atomic E-state index is 9.46. The number of nitrogens with one attached hydrogen (secondary N) is 1. The molecule has 0 saturated carbocycles. The number of hydrogen-bond acceptors (Lipinski definition) is 5. The van der Waals surface area contributed by atoms with E-state index in [1.807, 2.05) is 25.1 Å². The van der Waals surface area contributed by atoms with Crippen molar-refractivity contribution in [2.45, 2.75) is 19.4 Å². The monoisotopic (exact) mass is 277 g/mol. The first-order valence-electron chi connectivity index (χ1n) is 7.14. The summed E-state index contributed by atoms with van der Waals surface area (Å²) in [6, 6.07) is 8.61. The van der Waals surface area contributed by atoms with E-state index in [2.05, 4.69) is 21.3 Å². The summed E-state index contributed by atoms with van der Waals surface area (Å²) in [5, 5.41) is 12.9. The normalized spacial score (nSPS) is 18.9. The van der Waals surface area contributed by atoms with Gasteiger partial charge < -0.3 is 10.2 Å². The third kappa shape index (κ3) is 1.91. The molecule has 0 radical (unpaired) electrons. The molecule has 1 saturated heterocycles. The highest BCUT2D eigenvalue weighted by molar-refractivity contribution is 5.78. The van der Waals surface area contributed by atoms with Crippen molar-refractivity contribution in [2.24, 2.45) is 0 Å². The summed E-state index contributed by atoms with van der Waals surface area (Å²) < 4.78 is 0. The van der Waals surface area contributed by atoms with E-state index in [9.17, 15) is 5.26 Å². The average Bonchev–Trinajstić information content (AvgIpc) is 2.90. The zero-order chi connectivity index (χ0) is 14.4. The van der Waals surface area contributed by atoms with Crippen molar-refractivity contribution in [3.8, 4) is 17.3 Å². The maximum Gasteiger partial charge on any atom is 0.150 e. The van der Waals surface area contributed by atoms with Crippen LogP contribution in [-0.4, -0.2) is 29.1 Å². The van der Waals surface area contributed by atoms with Gasteiger partial charge in [-0.05, 0) is 31.5 Å². The number of hydrogen-bond donors (Lipinski definition) is 1. The fourth-order valence-electron chi connectivity index (χ4n) is 3.05. The van der Waals surface area contributed by atoms with E-state index in [4.69, 9.17) is 4.98 Å². The molecule has 2 aromatic heterocycles. The predicted molar refractivity (Wildman–Crippen MR) is 81.2 cm³/mol. The summed E-state index contributed by atoms with van der Waals surface area (Å²) in [5.41, 5.74) is 4.20. The Morgan fingerprint density at radius 1 is 1.43 bits per heavy atom. The lowest BCUT2D eigenvalue weighted by Crippen LogP contribution is -2.32. The molecule has 5 nitrogen and oxygen atoms in total. The summed E-state index contributed by atoms with van der Waals surface area (Å²) >= 11 is 0. The van der Waals surface area contributed by atoms with Gasteiger partial charge in [-0.25, -0.2) is 4.98 Å². The molecule has 1 atom stereocenters. The van der Waals surface area contributed by atoms with Crippen LogP contribution in [0.15, 0.2) is 24.4 Å². The first kappa shape index (κ1) is 12.2. The third-order valence-corrected chi connectivity index (χ3v) is 4.18. The smallest absolute Gasteiger partial charge is 0.150 e. The number of nitrogens with zero attached hydrogens (tertiary/aromatic N) is 4. The predicted octanol–water partition coefficient (Wildman–Crippen LogP) is 2.33. The molecule has 2 bridgehead atoms. The van der Waals surface area contributed by atoms with E-state index >= 15 is 0 Å². The quantitative estimate of drug-likeness (QED) is 0.866. The van der Waals surface area contributed by atoms with Gasteiger partial charge in [-0.1, -0.05) is 0 Å². The number of anilines is 2. The second-order valence-corrected chi connectivity index (χ2v) is 5.63. The number of aromatic nitrogens is 2. The van der Waals surface area contributed by atoms with E-state index in [0.717, 1.165) is 42.3 Å². The zero-order valence-corrected chi connectivity index (χ0v) is 11.8. The highest BCUT2D eigenvalue weighted by atomic mass is 15.3. The highest BCUT2D eigenvalue weighted by Gasteiger charge is 2.31. The molecule has 0 aromatic carbocycles. The van der Waals surface area contributed by atoms with Crippen LogP contribution in [0.3, 0.4) is 0 Å². The first-order chi connectivity index (χ1) is 10.2. The van der Waals surface area contributed by atoms with Gasteiger partial charge in [0.2, 0.25) is 0 Å². The van der Waals surface area contributed by atoms with Gasteiger partial charge in [0.05, 0.1) is 16.9 Å². The molecule has 4 rings (SSSR count). The number of fused-ring (bicyclic) bond motifs is 4. The van der Waals surface area contributed by atoms with Crippen molar-refractivity contribution in [1.82, 2.24) is 9.97 Å². The Morgan fingerprint density at radius 2 is 2.33 bits per heavy atom. The molecular formula is C16H15N5. The van der Waals surface area contributed by atoms with E-state index in [-0.39, 0.29) is 0 Å². The van der Waals surface area contributed by atoms with Gasteiger partial charge in [-0.2, -0.15) is 5.26 Å². The molecule has 1 fully saturated rings. The Hall–Kier alpha value is -2.61. The number of nitriles is 1. The van der Waals surface area contributed by atoms with Crippen LogP contribution in [0.2, 0.25) is 0 Å². The van der Waals surface area contributed by atoms with Crippen molar-refractivity contribution < 1.29 is 0 Å². The number of pyridine rings is 2. The average molecular weight is 277 g/mol. The van der Waals surface area contributed by atoms with Crippen molar-refractivity contribution in [2.75, 3.05) is 23.3 Å². The lowest BCUT2D eigenvalue weighted by Gasteiger charge is -2.28. The molecule has 2 aromatic rings. The van der Waals surface area contributed by atoms with E-state index in [0.29, 0.717) is 17.3 Å². The van der Waals surface area contributed by atoms with E-state index in [1.165, 1.54) is 0 Å². The lowest BCUT2D eigenvalue weighted by atomic mass is 10.1. The van der Waals surface area contributed by atoms with Crippen LogP contribution in [0, 0.1) is 18.3 Å². The molecule has 0 aliphatic carbocycles. The molecule has 0 amide bonds. The molecule has 1 N–H and O–H groups in total. The van der Waals surface area contributed by atoms with Crippen LogP contribution in [0.1, 0.15) is 17.7 Å². The van der Waals surface area contributed by atoms with Crippen LogP contribution in [0.4, 0.5) is 11.5 Å². The molecule has 0 spiro atoms. The van der Waals surface area contributed by atoms with Gasteiger partial charge in [-0.15, -0.1) is 0 Å². The van der Waals surface area contributed by atoms with E-state index in [1.54, 1.807) is 6.20 Å². The van der Waals surface area contributed by atoms with Crippen molar-refractivity contribution in [1.29, 1.82) is 5.26 Å². The van der Waals surface area contributed by atoms with Gasteiger partial charge in [0.25, 0.3) is 0 Å². The van der Waals surface area contributed by atoms with Gasteiger partial charge >= 0.3 is 0 Å². The second-order valence-electron chi connectivity index (χ2n) is 5.63. The van der Waals surface area contributed by atoms with Crippen LogP contribution in [0.25, 0.3) is 11.3 Å². The fraction of sp³-hybridized carbons (Fsp3) is 0.312. The third-order valence-electron chi connectivity index (χ3n) is 4.18. The standard InChI is InChI=1S/C16H15N5/c1-10-2-3-11(8-18-10)15-12(7-17)6-14-16(20-15)19-13-4-5-21(14)9-13/h2-3,6,8,13H,4-5,9H2,1H3,(H,19,20)/t13-/m0/s1. The summed E-state index contributed by atoms with van der Waals surface area (Å²) in [5.74, 6) is 0.887. The summed E-state index contributed by atoms with van der Waals surface area (Å²) in [6.45, 7) is 3.98. The van der Waals surface area contributed by atoms with Crippen molar-refractivity contribution in [3.05, 3.63) is 35.7 Å². The molecular weight excluding hydrogens is 262 g/mol. The number of rotatable bonds is 1. The zero-order valence-electron chi connectivity index (χ0n) is 11.8. The Balaban J connectivity index is 1.87. The molecule has 104 valence electrons. The molecule has 0 unspecified atom stereocenters. The summed E-state index contributed by atoms with van der Waals surface area (Å²) in [6.07, 6.45) is 2.91. The molecule has 2 aliphatic heterocycles. The fourth-order valence-corrected chi connectivity index (χ4v) is 3.05. The van der Waals surface area contributed by atoms with Gasteiger partial charge in [-0.3, -0.25) is 4.98 Å². The van der Waals surface area contributed by atoms with Crippen molar-refractivity contribution >= 4 is 11.5 Å². The van der Waals surface area contributed by atoms with Crippen molar-refractivity contribution in [3.63, 3.8) is 0 Å². The van der Waals surface area contributed by atoms with Crippen LogP contribution < -0.4 is 10.2 Å². The summed E-state index contributed by atoms with van der Waals surface area (Å²) in [4.78, 5) is 11.3. The Bertz CT molecular complexity index is 744. The minimum atomic E-state index is 0.474. The topological polar surface area (TPSA) is 64.8 Å². The van der Waals surface area contributed by atoms with Crippen LogP contribution in [-0.2, 0) is 0 Å². The first-order valence-corrected chi connectivity index (χ1v) is 7.14. The summed E-state index contributed by atoms with van der Waals surface area (Å²) in [7, 11) is 0. The SMILES string of the molecule is Cc1ccc(-c2nc3c(cc2C#N)N2CC[C@@H](C2)N3)cn1. The minimum absolute atomic E-state index is 0.474. The van der Waals surface area contributed by atoms with Crippen LogP contribution >= 0.6 is 0 Å². The van der Waals surface area contributed by atoms with Gasteiger partial charge in [0.15, 0.2) is 5.82 Å². The molecule has 2 aliphatic rings. The lowest BCUT2D eigenvalue weighted by molar-refractivity contribution is 0.788. The number of aryl methyl sites for hydroxylation is 1. The van der Waals surface area contributed by atoms with Gasteiger partial charge in [0.1, 0.15) is 6.07 Å². The van der Waals surface area contributed by atoms with Gasteiger partial charge in [0, 0.05) is 36.6 Å². The molecule has 4 heterocycles.